The number of likely N-dealkylation sites (tertiary alicyclic amines) is 1. The van der Waals surface area contributed by atoms with Crippen molar-refractivity contribution in [3.8, 4) is 11.5 Å². The van der Waals surface area contributed by atoms with E-state index < -0.39 is 0 Å². The molecule has 2 heterocycles. The molecule has 0 amide bonds. The summed E-state index contributed by atoms with van der Waals surface area (Å²) in [6.45, 7) is 5.56. The van der Waals surface area contributed by atoms with Gasteiger partial charge in [0.2, 0.25) is 5.78 Å². The third-order valence-corrected chi connectivity index (χ3v) is 6.54. The van der Waals surface area contributed by atoms with Crippen LogP contribution < -0.4 is 4.74 Å². The summed E-state index contributed by atoms with van der Waals surface area (Å²) in [4.78, 5) is 27.4. The standard InChI is InChI=1S/C25H25Cl2NO5/c1-3-32-25(31)16-5-4-8-28(12-16)13-18-20(29)9-14(2)22-23(30)21(33-24(18)22)10-15-6-7-17(26)11-19(15)27/h6-7,9-11,16,29H,3-5,8,12-13H2,1-2H3/b21-10-. The maximum absolute atomic E-state index is 13.2. The minimum absolute atomic E-state index is 0.0584. The number of carbonyl (C=O) groups excluding carboxylic acids is 2. The number of Topliss-reactive ketones (excluding diaryl/α,β-unsaturated/α-hetero) is 1. The number of ketones is 1. The van der Waals surface area contributed by atoms with Crippen LogP contribution in [0, 0.1) is 12.8 Å². The lowest BCUT2D eigenvalue weighted by atomic mass is 9.96. The van der Waals surface area contributed by atoms with E-state index in [4.69, 9.17) is 32.7 Å². The molecule has 0 saturated carbocycles. The molecule has 0 spiro atoms. The van der Waals surface area contributed by atoms with Crippen LogP contribution in [0.3, 0.4) is 0 Å². The number of hydrogen-bond acceptors (Lipinski definition) is 6. The molecule has 6 nitrogen and oxygen atoms in total. The molecule has 2 aromatic rings. The Morgan fingerprint density at radius 3 is 2.85 bits per heavy atom. The number of hydrogen-bond donors (Lipinski definition) is 1. The number of phenolic OH excluding ortho intramolecular Hbond substituents is 1. The average molecular weight is 490 g/mol. The summed E-state index contributed by atoms with van der Waals surface area (Å²) in [5, 5.41) is 11.6. The first-order chi connectivity index (χ1) is 15.8. The maximum Gasteiger partial charge on any atom is 0.310 e. The van der Waals surface area contributed by atoms with Crippen LogP contribution >= 0.6 is 23.2 Å². The Kier molecular flexibility index (Phi) is 6.98. The molecule has 33 heavy (non-hydrogen) atoms. The van der Waals surface area contributed by atoms with Crippen LogP contribution in [-0.2, 0) is 16.1 Å². The molecule has 4 rings (SSSR count). The highest BCUT2D eigenvalue weighted by Crippen LogP contribution is 2.43. The first kappa shape index (κ1) is 23.6. The van der Waals surface area contributed by atoms with E-state index in [0.717, 1.165) is 19.4 Å². The third kappa shape index (κ3) is 4.88. The summed E-state index contributed by atoms with van der Waals surface area (Å²) < 4.78 is 11.2. The Labute approximate surface area is 202 Å². The van der Waals surface area contributed by atoms with Crippen molar-refractivity contribution in [2.24, 2.45) is 5.92 Å². The van der Waals surface area contributed by atoms with Crippen molar-refractivity contribution in [2.75, 3.05) is 19.7 Å². The monoisotopic (exact) mass is 489 g/mol. The minimum atomic E-state index is -0.266. The Hall–Kier alpha value is -2.54. The zero-order valence-corrected chi connectivity index (χ0v) is 20.0. The quantitative estimate of drug-likeness (QED) is 0.447. The highest BCUT2D eigenvalue weighted by molar-refractivity contribution is 6.35. The number of carbonyl (C=O) groups is 2. The minimum Gasteiger partial charge on any atom is -0.507 e. The van der Waals surface area contributed by atoms with Crippen LogP contribution in [0.1, 0.15) is 46.8 Å². The summed E-state index contributed by atoms with van der Waals surface area (Å²) in [7, 11) is 0. The number of rotatable bonds is 5. The molecule has 1 atom stereocenters. The van der Waals surface area contributed by atoms with Gasteiger partial charge in [0.1, 0.15) is 11.5 Å². The number of aromatic hydroxyl groups is 1. The normalized spacial score (nSPS) is 19.5. The molecular weight excluding hydrogens is 465 g/mol. The van der Waals surface area contributed by atoms with E-state index in [1.807, 2.05) is 0 Å². The zero-order chi connectivity index (χ0) is 23.7. The fraction of sp³-hybridized carbons (Fsp3) is 0.360. The van der Waals surface area contributed by atoms with Gasteiger partial charge in [0.15, 0.2) is 5.76 Å². The molecular formula is C25H25Cl2NO5. The van der Waals surface area contributed by atoms with Crippen molar-refractivity contribution >= 4 is 41.0 Å². The zero-order valence-electron chi connectivity index (χ0n) is 18.5. The van der Waals surface area contributed by atoms with E-state index in [1.54, 1.807) is 44.2 Å². The fourth-order valence-corrected chi connectivity index (χ4v) is 4.83. The van der Waals surface area contributed by atoms with E-state index in [0.29, 0.717) is 57.7 Å². The number of aryl methyl sites for hydroxylation is 1. The summed E-state index contributed by atoms with van der Waals surface area (Å²) in [6, 6.07) is 6.58. The van der Waals surface area contributed by atoms with Crippen molar-refractivity contribution in [3.63, 3.8) is 0 Å². The molecule has 0 aromatic heterocycles. The van der Waals surface area contributed by atoms with Crippen LogP contribution in [0.15, 0.2) is 30.0 Å². The summed E-state index contributed by atoms with van der Waals surface area (Å²) in [6.07, 6.45) is 3.20. The molecule has 2 aromatic carbocycles. The van der Waals surface area contributed by atoms with Crippen molar-refractivity contribution in [1.29, 1.82) is 0 Å². The van der Waals surface area contributed by atoms with Crippen LogP contribution in [0.5, 0.6) is 11.5 Å². The van der Waals surface area contributed by atoms with Gasteiger partial charge in [0.05, 0.1) is 23.7 Å². The average Bonchev–Trinajstić information content (AvgIpc) is 3.10. The highest BCUT2D eigenvalue weighted by atomic mass is 35.5. The highest BCUT2D eigenvalue weighted by Gasteiger charge is 2.35. The van der Waals surface area contributed by atoms with Gasteiger partial charge in [-0.3, -0.25) is 14.5 Å². The predicted molar refractivity (Wildman–Crippen MR) is 127 cm³/mol. The molecule has 0 aliphatic carbocycles. The Balaban J connectivity index is 1.63. The molecule has 0 bridgehead atoms. The number of allylic oxidation sites excluding steroid dienone is 1. The first-order valence-electron chi connectivity index (χ1n) is 10.9. The van der Waals surface area contributed by atoms with Gasteiger partial charge < -0.3 is 14.6 Å². The molecule has 1 unspecified atom stereocenters. The Morgan fingerprint density at radius 2 is 2.12 bits per heavy atom. The summed E-state index contributed by atoms with van der Waals surface area (Å²) in [5.41, 5.74) is 2.19. The van der Waals surface area contributed by atoms with Crippen LogP contribution in [0.25, 0.3) is 6.08 Å². The molecule has 2 aliphatic heterocycles. The summed E-state index contributed by atoms with van der Waals surface area (Å²) in [5.74, 6) is -0.123. The molecule has 1 N–H and O–H groups in total. The van der Waals surface area contributed by atoms with E-state index in [9.17, 15) is 14.7 Å². The van der Waals surface area contributed by atoms with Gasteiger partial charge >= 0.3 is 5.97 Å². The molecule has 174 valence electrons. The van der Waals surface area contributed by atoms with Gasteiger partial charge in [-0.25, -0.2) is 0 Å². The number of ether oxygens (including phenoxy) is 2. The number of esters is 1. The lowest BCUT2D eigenvalue weighted by molar-refractivity contribution is -0.150. The lowest BCUT2D eigenvalue weighted by Gasteiger charge is -2.31. The lowest BCUT2D eigenvalue weighted by Crippen LogP contribution is -2.39. The number of phenols is 1. The number of benzene rings is 2. The Morgan fingerprint density at radius 1 is 1.33 bits per heavy atom. The van der Waals surface area contributed by atoms with Crippen molar-refractivity contribution < 1.29 is 24.2 Å². The second kappa shape index (κ2) is 9.75. The van der Waals surface area contributed by atoms with Crippen molar-refractivity contribution in [1.82, 2.24) is 4.90 Å². The van der Waals surface area contributed by atoms with E-state index in [1.165, 1.54) is 0 Å². The predicted octanol–water partition coefficient (Wildman–Crippen LogP) is 5.40. The fourth-order valence-electron chi connectivity index (χ4n) is 4.37. The van der Waals surface area contributed by atoms with Gasteiger partial charge in [-0.2, -0.15) is 0 Å². The SMILES string of the molecule is CCOC(=O)C1CCCN(Cc2c(O)cc(C)c3c2O/C(=C\c2ccc(Cl)cc2Cl)C3=O)C1. The number of fused-ring (bicyclic) bond motifs is 1. The van der Waals surface area contributed by atoms with Gasteiger partial charge in [0, 0.05) is 23.1 Å². The molecule has 0 radical (unpaired) electrons. The number of piperidine rings is 1. The van der Waals surface area contributed by atoms with Gasteiger partial charge in [-0.05, 0) is 68.6 Å². The smallest absolute Gasteiger partial charge is 0.310 e. The van der Waals surface area contributed by atoms with Crippen LogP contribution in [-0.4, -0.2) is 41.5 Å². The second-order valence-electron chi connectivity index (χ2n) is 8.33. The van der Waals surface area contributed by atoms with E-state index >= 15 is 0 Å². The molecule has 1 fully saturated rings. The summed E-state index contributed by atoms with van der Waals surface area (Å²) >= 11 is 12.2. The number of halogens is 2. The maximum atomic E-state index is 13.2. The van der Waals surface area contributed by atoms with Gasteiger partial charge in [0.25, 0.3) is 0 Å². The topological polar surface area (TPSA) is 76.1 Å². The van der Waals surface area contributed by atoms with Crippen molar-refractivity contribution in [3.05, 3.63) is 62.3 Å². The van der Waals surface area contributed by atoms with Gasteiger partial charge in [-0.15, -0.1) is 0 Å². The van der Waals surface area contributed by atoms with E-state index in [-0.39, 0.29) is 29.2 Å². The third-order valence-electron chi connectivity index (χ3n) is 5.98. The van der Waals surface area contributed by atoms with Crippen LogP contribution in [0.4, 0.5) is 0 Å². The Bertz CT molecular complexity index is 1140. The van der Waals surface area contributed by atoms with Crippen LogP contribution in [0.2, 0.25) is 10.0 Å². The van der Waals surface area contributed by atoms with Gasteiger partial charge in [-0.1, -0.05) is 29.3 Å². The number of nitrogens with zero attached hydrogens (tertiary/aromatic N) is 1. The van der Waals surface area contributed by atoms with E-state index in [2.05, 4.69) is 4.90 Å². The molecule has 8 heteroatoms. The van der Waals surface area contributed by atoms with Crippen molar-refractivity contribution in [2.45, 2.75) is 33.2 Å². The largest absolute Gasteiger partial charge is 0.507 e. The first-order valence-corrected chi connectivity index (χ1v) is 11.7. The molecule has 2 aliphatic rings. The molecule has 1 saturated heterocycles. The second-order valence-corrected chi connectivity index (χ2v) is 9.17.